The molecule has 2 aliphatic rings. The quantitative estimate of drug-likeness (QED) is 0.477. The number of nitrogens with zero attached hydrogens (tertiary/aromatic N) is 4. The molecule has 1 amide bonds. The maximum Gasteiger partial charge on any atom is 0.288 e. The average molecular weight is 532 g/mol. The zero-order chi connectivity index (χ0) is 26.9. The minimum atomic E-state index is -3.05. The number of aryl methyl sites for hydroxylation is 1. The molecule has 0 radical (unpaired) electrons. The maximum atomic E-state index is 12.2. The van der Waals surface area contributed by atoms with Crippen LogP contribution in [-0.4, -0.2) is 65.1 Å². The number of carbonyl (C=O) groups excluding carboxylic acids is 1. The molecule has 198 valence electrons. The van der Waals surface area contributed by atoms with Gasteiger partial charge in [-0.25, -0.2) is 18.1 Å². The van der Waals surface area contributed by atoms with Crippen molar-refractivity contribution in [1.29, 1.82) is 0 Å². The molecule has 2 N–H and O–H groups in total. The Labute approximate surface area is 223 Å². The van der Waals surface area contributed by atoms with Gasteiger partial charge in [-0.15, -0.1) is 5.10 Å². The van der Waals surface area contributed by atoms with E-state index >= 15 is 0 Å². The zero-order valence-corrected chi connectivity index (χ0v) is 22.6. The second-order valence-corrected chi connectivity index (χ2v) is 12.8. The maximum absolute atomic E-state index is 12.2. The highest BCUT2D eigenvalue weighted by molar-refractivity contribution is 7.91. The van der Waals surface area contributed by atoms with Gasteiger partial charge >= 0.3 is 0 Å². The number of benzene rings is 2. The van der Waals surface area contributed by atoms with Gasteiger partial charge in [0, 0.05) is 24.8 Å². The number of amides is 1. The van der Waals surface area contributed by atoms with Crippen LogP contribution in [0.5, 0.6) is 0 Å². The normalized spacial score (nSPS) is 21.9. The van der Waals surface area contributed by atoms with E-state index in [9.17, 15) is 13.2 Å². The molecule has 1 saturated heterocycles. The molecule has 0 saturated carbocycles. The monoisotopic (exact) mass is 531 g/mol. The lowest BCUT2D eigenvalue weighted by molar-refractivity contribution is 0.0990. The van der Waals surface area contributed by atoms with Crippen molar-refractivity contribution < 1.29 is 13.2 Å². The van der Waals surface area contributed by atoms with Gasteiger partial charge in [0.25, 0.3) is 5.91 Å². The zero-order valence-electron chi connectivity index (χ0n) is 21.7. The van der Waals surface area contributed by atoms with Crippen molar-refractivity contribution in [1.82, 2.24) is 19.7 Å². The third-order valence-corrected chi connectivity index (χ3v) is 9.15. The van der Waals surface area contributed by atoms with E-state index in [2.05, 4.69) is 57.5 Å². The van der Waals surface area contributed by atoms with E-state index in [-0.39, 0.29) is 16.5 Å². The first-order chi connectivity index (χ1) is 18.1. The Morgan fingerprint density at radius 2 is 1.87 bits per heavy atom. The van der Waals surface area contributed by atoms with Crippen LogP contribution >= 0.6 is 0 Å². The second-order valence-electron chi connectivity index (χ2n) is 10.5. The largest absolute Gasteiger partial charge is 0.363 e. The highest BCUT2D eigenvalue weighted by Gasteiger charge is 2.36. The summed E-state index contributed by atoms with van der Waals surface area (Å²) in [5.74, 6) is -0.0689. The lowest BCUT2D eigenvalue weighted by Crippen LogP contribution is -2.38. The fourth-order valence-electron chi connectivity index (χ4n) is 5.50. The average Bonchev–Trinajstić information content (AvgIpc) is 3.52. The fourth-order valence-corrected chi connectivity index (χ4v) is 6.52. The van der Waals surface area contributed by atoms with Crippen molar-refractivity contribution in [2.24, 2.45) is 11.1 Å². The smallest absolute Gasteiger partial charge is 0.288 e. The molecule has 1 aromatic heterocycles. The Morgan fingerprint density at radius 3 is 2.45 bits per heavy atom. The van der Waals surface area contributed by atoms with E-state index in [1.165, 1.54) is 23.0 Å². The lowest BCUT2D eigenvalue weighted by atomic mass is 9.74. The Bertz CT molecular complexity index is 1490. The van der Waals surface area contributed by atoms with E-state index in [1.54, 1.807) is 11.6 Å². The third-order valence-electron chi connectivity index (χ3n) is 7.55. The molecule has 2 heterocycles. The number of carbonyl (C=O) groups is 1. The number of allylic oxidation sites excluding steroid dienone is 3. The van der Waals surface area contributed by atoms with E-state index < -0.39 is 15.7 Å². The Balaban J connectivity index is 1.38. The van der Waals surface area contributed by atoms with Crippen LogP contribution in [0.25, 0.3) is 11.3 Å². The molecule has 2 unspecified atom stereocenters. The summed E-state index contributed by atoms with van der Waals surface area (Å²) in [5.41, 5.74) is 9.55. The highest BCUT2D eigenvalue weighted by atomic mass is 32.2. The Kier molecular flexibility index (Phi) is 7.07. The number of likely N-dealkylation sites (tertiary alicyclic amines) is 1. The molecule has 2 atom stereocenters. The van der Waals surface area contributed by atoms with E-state index in [0.717, 1.165) is 31.6 Å². The van der Waals surface area contributed by atoms with Gasteiger partial charge in [-0.2, -0.15) is 0 Å². The van der Waals surface area contributed by atoms with Crippen molar-refractivity contribution in [3.8, 4) is 5.69 Å². The van der Waals surface area contributed by atoms with Crippen LogP contribution in [0.3, 0.4) is 0 Å². The van der Waals surface area contributed by atoms with Gasteiger partial charge in [0.2, 0.25) is 5.82 Å². The first-order valence-electron chi connectivity index (χ1n) is 12.8. The van der Waals surface area contributed by atoms with Crippen molar-refractivity contribution in [2.75, 3.05) is 25.9 Å². The van der Waals surface area contributed by atoms with Gasteiger partial charge in [0.15, 0.2) is 9.84 Å². The topological polar surface area (TPSA) is 111 Å². The summed E-state index contributed by atoms with van der Waals surface area (Å²) in [7, 11) is -3.05. The Morgan fingerprint density at radius 1 is 1.13 bits per heavy atom. The summed E-state index contributed by atoms with van der Waals surface area (Å²) in [6, 6.07) is 18.5. The van der Waals surface area contributed by atoms with Gasteiger partial charge in [-0.05, 0) is 61.6 Å². The Hall–Kier alpha value is -3.56. The molecule has 1 aliphatic heterocycles. The van der Waals surface area contributed by atoms with Gasteiger partial charge in [0.1, 0.15) is 5.82 Å². The summed E-state index contributed by atoms with van der Waals surface area (Å²) in [4.78, 5) is 17.9. The van der Waals surface area contributed by atoms with E-state index in [0.29, 0.717) is 18.8 Å². The molecule has 38 heavy (non-hydrogen) atoms. The van der Waals surface area contributed by atoms with Crippen LogP contribution in [0.4, 0.5) is 0 Å². The van der Waals surface area contributed by atoms with Gasteiger partial charge in [-0.1, -0.05) is 60.7 Å². The number of primary amides is 1. The minimum Gasteiger partial charge on any atom is -0.363 e. The number of sulfone groups is 1. The van der Waals surface area contributed by atoms with Crippen LogP contribution < -0.4 is 5.73 Å². The van der Waals surface area contributed by atoms with Crippen molar-refractivity contribution in [3.63, 3.8) is 0 Å². The molecular formula is C29H33N5O3S. The number of rotatable bonds is 8. The molecule has 9 heteroatoms. The number of hydrogen-bond acceptors (Lipinski definition) is 6. The van der Waals surface area contributed by atoms with Crippen LogP contribution in [-0.2, 0) is 16.3 Å². The minimum absolute atomic E-state index is 0.00288. The molecule has 2 aromatic carbocycles. The third kappa shape index (κ3) is 5.63. The number of nitrogens with two attached hydrogens (primary N) is 1. The molecule has 3 aromatic rings. The molecule has 1 aliphatic carbocycles. The molecule has 1 fully saturated rings. The van der Waals surface area contributed by atoms with Crippen molar-refractivity contribution in [2.45, 2.75) is 31.4 Å². The summed E-state index contributed by atoms with van der Waals surface area (Å²) in [6.07, 6.45) is 10.5. The first-order valence-corrected chi connectivity index (χ1v) is 14.8. The lowest BCUT2D eigenvalue weighted by Gasteiger charge is -2.36. The number of hydrogen-bond donors (Lipinski definition) is 1. The predicted octanol–water partition coefficient (Wildman–Crippen LogP) is 3.37. The number of aromatic nitrogens is 3. The first kappa shape index (κ1) is 26.1. The van der Waals surface area contributed by atoms with Gasteiger partial charge in [0.05, 0.1) is 10.9 Å². The standard InChI is InChI=1S/C29H33N5O3S/c1-21-31-28(27(30)35)32-34(21)25-10-8-22(9-11-25)18-29(20-33-17-14-26(19-33)38(2,36)37)15-12-24(13-16-29)23-6-4-3-5-7-23/h3-13,15,26H,14,16-20H2,1-2H3,(H2,30,35). The van der Waals surface area contributed by atoms with Gasteiger partial charge < -0.3 is 10.6 Å². The molecule has 0 bridgehead atoms. The predicted molar refractivity (Wildman–Crippen MR) is 149 cm³/mol. The van der Waals surface area contributed by atoms with Crippen LogP contribution in [0.15, 0.2) is 72.8 Å². The van der Waals surface area contributed by atoms with Crippen LogP contribution in [0, 0.1) is 12.3 Å². The molecular weight excluding hydrogens is 498 g/mol. The van der Waals surface area contributed by atoms with Crippen LogP contribution in [0.2, 0.25) is 0 Å². The summed E-state index contributed by atoms with van der Waals surface area (Å²) >= 11 is 0. The summed E-state index contributed by atoms with van der Waals surface area (Å²) in [6.45, 7) is 3.94. The van der Waals surface area contributed by atoms with Crippen molar-refractivity contribution in [3.05, 3.63) is 95.6 Å². The SMILES string of the molecule is Cc1nc(C(N)=O)nn1-c1ccc(CC2(CN3CCC(S(C)(=O)=O)C3)C=CC(c3ccccc3)=CC2)cc1. The highest BCUT2D eigenvalue weighted by Crippen LogP contribution is 2.38. The van der Waals surface area contributed by atoms with E-state index in [4.69, 9.17) is 5.73 Å². The summed E-state index contributed by atoms with van der Waals surface area (Å²) in [5, 5.41) is 3.93. The molecule has 0 spiro atoms. The van der Waals surface area contributed by atoms with Crippen molar-refractivity contribution >= 4 is 21.3 Å². The van der Waals surface area contributed by atoms with Gasteiger partial charge in [-0.3, -0.25) is 4.79 Å². The second kappa shape index (κ2) is 10.3. The fraction of sp³-hybridized carbons (Fsp3) is 0.345. The van der Waals surface area contributed by atoms with E-state index in [1.807, 2.05) is 30.3 Å². The van der Waals surface area contributed by atoms with Crippen LogP contribution in [0.1, 0.15) is 40.4 Å². The summed E-state index contributed by atoms with van der Waals surface area (Å²) < 4.78 is 25.9. The molecule has 5 rings (SSSR count). The molecule has 8 nitrogen and oxygen atoms in total.